The zero-order valence-electron chi connectivity index (χ0n) is 15.7. The quantitative estimate of drug-likeness (QED) is 0.550. The topological polar surface area (TPSA) is 80.0 Å². The standard InChI is InChI=1S/C21H22FNO5/c1-13(2)27-11-5-9-23-18(14-6-3-7-15(22)12-14)17(20(25)21(23)26)19(24)16-8-4-10-28-16/h3-4,6-8,10,12-13,18,25H,5,9,11H2,1-2H3/t18-/m1/s1. The van der Waals surface area contributed by atoms with E-state index >= 15 is 0 Å². The number of hydrogen-bond donors (Lipinski definition) is 1. The second kappa shape index (κ2) is 8.39. The van der Waals surface area contributed by atoms with Gasteiger partial charge < -0.3 is 19.2 Å². The molecule has 2 heterocycles. The summed E-state index contributed by atoms with van der Waals surface area (Å²) in [7, 11) is 0. The average Bonchev–Trinajstić information content (AvgIpc) is 3.27. The summed E-state index contributed by atoms with van der Waals surface area (Å²) < 4.78 is 24.5. The Morgan fingerprint density at radius 3 is 2.75 bits per heavy atom. The third-order valence-corrected chi connectivity index (χ3v) is 4.45. The summed E-state index contributed by atoms with van der Waals surface area (Å²) in [5.41, 5.74) is 0.285. The maximum Gasteiger partial charge on any atom is 0.290 e. The van der Waals surface area contributed by atoms with Crippen LogP contribution in [-0.4, -0.2) is 41.0 Å². The van der Waals surface area contributed by atoms with Crippen LogP contribution < -0.4 is 0 Å². The molecule has 6 nitrogen and oxygen atoms in total. The van der Waals surface area contributed by atoms with Crippen LogP contribution in [0.1, 0.15) is 42.4 Å². The van der Waals surface area contributed by atoms with Crippen molar-refractivity contribution in [2.45, 2.75) is 32.4 Å². The SMILES string of the molecule is CC(C)OCCCN1C(=O)C(O)=C(C(=O)c2ccco2)[C@H]1c1cccc(F)c1. The third-order valence-electron chi connectivity index (χ3n) is 4.45. The van der Waals surface area contributed by atoms with Crippen LogP contribution >= 0.6 is 0 Å². The molecule has 1 aliphatic heterocycles. The Morgan fingerprint density at radius 1 is 1.32 bits per heavy atom. The smallest absolute Gasteiger partial charge is 0.290 e. The largest absolute Gasteiger partial charge is 0.503 e. The van der Waals surface area contributed by atoms with Gasteiger partial charge in [-0.1, -0.05) is 12.1 Å². The molecule has 1 aromatic heterocycles. The van der Waals surface area contributed by atoms with Gasteiger partial charge in [0.25, 0.3) is 5.91 Å². The fraction of sp³-hybridized carbons (Fsp3) is 0.333. The summed E-state index contributed by atoms with van der Waals surface area (Å²) in [6, 6.07) is 7.74. The number of Topliss-reactive ketones (excluding diaryl/α,β-unsaturated/α-hetero) is 1. The number of halogens is 1. The second-order valence-electron chi connectivity index (χ2n) is 6.80. The number of benzene rings is 1. The van der Waals surface area contributed by atoms with Gasteiger partial charge in [0.1, 0.15) is 5.82 Å². The fourth-order valence-electron chi connectivity index (χ4n) is 3.23. The van der Waals surface area contributed by atoms with Gasteiger partial charge in [-0.25, -0.2) is 4.39 Å². The van der Waals surface area contributed by atoms with Crippen molar-refractivity contribution in [2.75, 3.05) is 13.2 Å². The van der Waals surface area contributed by atoms with E-state index < -0.39 is 29.3 Å². The molecule has 7 heteroatoms. The highest BCUT2D eigenvalue weighted by Gasteiger charge is 2.44. The molecule has 1 atom stereocenters. The molecule has 3 rings (SSSR count). The van der Waals surface area contributed by atoms with E-state index in [4.69, 9.17) is 9.15 Å². The zero-order valence-corrected chi connectivity index (χ0v) is 15.7. The Labute approximate surface area is 162 Å². The van der Waals surface area contributed by atoms with Crippen LogP contribution in [0.15, 0.2) is 58.4 Å². The molecule has 1 N–H and O–H groups in total. The monoisotopic (exact) mass is 387 g/mol. The lowest BCUT2D eigenvalue weighted by atomic mass is 9.95. The van der Waals surface area contributed by atoms with Crippen LogP contribution in [0.5, 0.6) is 0 Å². The fourth-order valence-corrected chi connectivity index (χ4v) is 3.23. The molecule has 2 aromatic rings. The van der Waals surface area contributed by atoms with Crippen molar-refractivity contribution in [2.24, 2.45) is 0 Å². The molecule has 0 aliphatic carbocycles. The van der Waals surface area contributed by atoms with Gasteiger partial charge in [0.15, 0.2) is 11.5 Å². The molecule has 28 heavy (non-hydrogen) atoms. The number of ketones is 1. The van der Waals surface area contributed by atoms with E-state index in [0.29, 0.717) is 18.6 Å². The molecule has 0 unspecified atom stereocenters. The Hall–Kier alpha value is -2.93. The van der Waals surface area contributed by atoms with Crippen molar-refractivity contribution < 1.29 is 28.2 Å². The molecule has 0 radical (unpaired) electrons. The normalized spacial score (nSPS) is 17.1. The van der Waals surface area contributed by atoms with Gasteiger partial charge in [-0.3, -0.25) is 9.59 Å². The highest BCUT2D eigenvalue weighted by Crippen LogP contribution is 2.39. The van der Waals surface area contributed by atoms with Crippen LogP contribution in [0.2, 0.25) is 0 Å². The van der Waals surface area contributed by atoms with Crippen LogP contribution in [0.4, 0.5) is 4.39 Å². The van der Waals surface area contributed by atoms with Gasteiger partial charge in [-0.05, 0) is 50.1 Å². The molecule has 148 valence electrons. The van der Waals surface area contributed by atoms with Crippen molar-refractivity contribution in [1.82, 2.24) is 4.90 Å². The molecule has 1 amide bonds. The first-order valence-corrected chi connectivity index (χ1v) is 9.09. The Kier molecular flexibility index (Phi) is 5.94. The summed E-state index contributed by atoms with van der Waals surface area (Å²) in [5, 5.41) is 10.4. The lowest BCUT2D eigenvalue weighted by Crippen LogP contribution is -2.32. The molecular formula is C21H22FNO5. The van der Waals surface area contributed by atoms with Gasteiger partial charge >= 0.3 is 0 Å². The molecule has 0 fully saturated rings. The minimum atomic E-state index is -0.903. The van der Waals surface area contributed by atoms with Crippen LogP contribution in [0.25, 0.3) is 0 Å². The Balaban J connectivity index is 1.94. The number of aliphatic hydroxyl groups excluding tert-OH is 1. The molecule has 1 aromatic carbocycles. The number of carbonyl (C=O) groups excluding carboxylic acids is 2. The molecule has 0 bridgehead atoms. The van der Waals surface area contributed by atoms with Crippen LogP contribution in [0, 0.1) is 5.82 Å². The first-order chi connectivity index (χ1) is 13.4. The molecule has 1 aliphatic rings. The average molecular weight is 387 g/mol. The van der Waals surface area contributed by atoms with Crippen LogP contribution in [-0.2, 0) is 9.53 Å². The van der Waals surface area contributed by atoms with E-state index in [2.05, 4.69) is 0 Å². The molecule has 0 saturated carbocycles. The molecular weight excluding hydrogens is 365 g/mol. The van der Waals surface area contributed by atoms with E-state index in [0.717, 1.165) is 0 Å². The van der Waals surface area contributed by atoms with Crippen molar-refractivity contribution in [3.8, 4) is 0 Å². The summed E-state index contributed by atoms with van der Waals surface area (Å²) in [6.07, 6.45) is 1.89. The first kappa shape index (κ1) is 19.8. The van der Waals surface area contributed by atoms with E-state index in [9.17, 15) is 19.1 Å². The van der Waals surface area contributed by atoms with Gasteiger partial charge in [0.2, 0.25) is 5.78 Å². The van der Waals surface area contributed by atoms with Gasteiger partial charge in [-0.15, -0.1) is 0 Å². The Bertz CT molecular complexity index is 888. The minimum absolute atomic E-state index is 0.000689. The number of carbonyl (C=O) groups is 2. The lowest BCUT2D eigenvalue weighted by molar-refractivity contribution is -0.129. The summed E-state index contributed by atoms with van der Waals surface area (Å²) in [6.45, 7) is 4.47. The highest BCUT2D eigenvalue weighted by atomic mass is 19.1. The van der Waals surface area contributed by atoms with Gasteiger partial charge in [0.05, 0.1) is 24.0 Å². The number of ether oxygens (including phenoxy) is 1. The summed E-state index contributed by atoms with van der Waals surface area (Å²) in [4.78, 5) is 26.9. The summed E-state index contributed by atoms with van der Waals surface area (Å²) >= 11 is 0. The van der Waals surface area contributed by atoms with Gasteiger partial charge in [0, 0.05) is 13.2 Å². The maximum atomic E-state index is 13.8. The van der Waals surface area contributed by atoms with Crippen molar-refractivity contribution in [3.05, 3.63) is 71.1 Å². The number of rotatable bonds is 8. The van der Waals surface area contributed by atoms with Gasteiger partial charge in [-0.2, -0.15) is 0 Å². The van der Waals surface area contributed by atoms with E-state index in [1.807, 2.05) is 13.8 Å². The zero-order chi connectivity index (χ0) is 20.3. The summed E-state index contributed by atoms with van der Waals surface area (Å²) in [5.74, 6) is -2.41. The lowest BCUT2D eigenvalue weighted by Gasteiger charge is -2.26. The number of hydrogen-bond acceptors (Lipinski definition) is 5. The predicted molar refractivity (Wildman–Crippen MR) is 99.3 cm³/mol. The first-order valence-electron chi connectivity index (χ1n) is 9.09. The number of furan rings is 1. The predicted octanol–water partition coefficient (Wildman–Crippen LogP) is 3.81. The number of aliphatic hydroxyl groups is 1. The molecule has 0 spiro atoms. The van der Waals surface area contributed by atoms with Crippen molar-refractivity contribution in [3.63, 3.8) is 0 Å². The van der Waals surface area contributed by atoms with Crippen LogP contribution in [0.3, 0.4) is 0 Å². The maximum absolute atomic E-state index is 13.8. The number of amides is 1. The third kappa shape index (κ3) is 3.99. The van der Waals surface area contributed by atoms with Crippen molar-refractivity contribution >= 4 is 11.7 Å². The highest BCUT2D eigenvalue weighted by molar-refractivity contribution is 6.14. The molecule has 0 saturated heterocycles. The Morgan fingerprint density at radius 2 is 2.11 bits per heavy atom. The van der Waals surface area contributed by atoms with E-state index in [1.54, 1.807) is 12.1 Å². The van der Waals surface area contributed by atoms with Crippen molar-refractivity contribution in [1.29, 1.82) is 0 Å². The van der Waals surface area contributed by atoms with E-state index in [1.165, 1.54) is 35.4 Å². The minimum Gasteiger partial charge on any atom is -0.503 e. The number of nitrogens with zero attached hydrogens (tertiary/aromatic N) is 1. The second-order valence-corrected chi connectivity index (χ2v) is 6.80. The van der Waals surface area contributed by atoms with E-state index in [-0.39, 0.29) is 24.0 Å².